The van der Waals surface area contributed by atoms with Gasteiger partial charge in [0.15, 0.2) is 0 Å². The van der Waals surface area contributed by atoms with Crippen molar-refractivity contribution in [1.82, 2.24) is 19.8 Å². The molecule has 164 valence electrons. The molecule has 0 saturated heterocycles. The molecule has 0 bridgehead atoms. The molecule has 2 rings (SSSR count). The van der Waals surface area contributed by atoms with Gasteiger partial charge in [0.1, 0.15) is 6.04 Å². The van der Waals surface area contributed by atoms with Crippen LogP contribution in [-0.4, -0.2) is 43.9 Å². The highest BCUT2D eigenvalue weighted by Gasteiger charge is 2.32. The summed E-state index contributed by atoms with van der Waals surface area (Å²) in [6.07, 6.45) is -0.838. The summed E-state index contributed by atoms with van der Waals surface area (Å²) in [5, 5.41) is 13.9. The fraction of sp³-hybridized carbons (Fsp3) is 0.500. The average Bonchev–Trinajstić information content (AvgIpc) is 2.87. The Bertz CT molecular complexity index is 1030. The number of benzene rings is 1. The van der Waals surface area contributed by atoms with E-state index in [0.717, 1.165) is 4.57 Å². The molecule has 2 aromatic rings. The topological polar surface area (TPSA) is 148 Å². The Balaban J connectivity index is 2.44. The number of imidazole rings is 1. The van der Waals surface area contributed by atoms with Crippen molar-refractivity contribution in [3.8, 4) is 0 Å². The maximum Gasteiger partial charge on any atom is 0.405 e. The van der Waals surface area contributed by atoms with Crippen LogP contribution in [0.3, 0.4) is 0 Å². The van der Waals surface area contributed by atoms with Crippen LogP contribution in [0.15, 0.2) is 29.1 Å². The Morgan fingerprint density at radius 2 is 1.67 bits per heavy atom. The van der Waals surface area contributed by atoms with Crippen molar-refractivity contribution in [1.29, 1.82) is 0 Å². The minimum absolute atomic E-state index is 0.186. The number of nitrogens with two attached hydrogens (primary N) is 1. The van der Waals surface area contributed by atoms with Crippen LogP contribution in [0.25, 0.3) is 11.0 Å². The number of rotatable bonds is 6. The summed E-state index contributed by atoms with van der Waals surface area (Å²) in [5.74, 6) is -0.700. The summed E-state index contributed by atoms with van der Waals surface area (Å²) in [6, 6.07) is 5.04. The van der Waals surface area contributed by atoms with Crippen LogP contribution in [0.4, 0.5) is 9.59 Å². The van der Waals surface area contributed by atoms with Crippen molar-refractivity contribution in [3.63, 3.8) is 0 Å². The molecule has 0 aliphatic rings. The first-order valence-corrected chi connectivity index (χ1v) is 9.56. The van der Waals surface area contributed by atoms with Crippen LogP contribution >= 0.6 is 0 Å². The molecule has 30 heavy (non-hydrogen) atoms. The number of aryl methyl sites for hydroxylation is 1. The zero-order valence-electron chi connectivity index (χ0n) is 17.9. The number of carbonyl (C=O) groups is 3. The quantitative estimate of drug-likeness (QED) is 0.562. The highest BCUT2D eigenvalue weighted by molar-refractivity contribution is 5.92. The van der Waals surface area contributed by atoms with Gasteiger partial charge >= 0.3 is 17.8 Å². The van der Waals surface area contributed by atoms with E-state index in [9.17, 15) is 19.2 Å². The van der Waals surface area contributed by atoms with Crippen LogP contribution < -0.4 is 22.1 Å². The molecule has 1 heterocycles. The molecule has 0 aliphatic heterocycles. The van der Waals surface area contributed by atoms with Gasteiger partial charge in [-0.1, -0.05) is 32.9 Å². The van der Waals surface area contributed by atoms with Gasteiger partial charge in [0.05, 0.1) is 11.0 Å². The Kier molecular flexibility index (Phi) is 6.29. The molecular formula is C20H29N5O5. The SMILES string of the molecule is CC(C)(CCn1c(=O)n(C(=O)N[C@H](C(N)=O)C(C)(C)C)c2ccccc21)NC(=O)O. The summed E-state index contributed by atoms with van der Waals surface area (Å²) in [7, 11) is 0. The van der Waals surface area contributed by atoms with Gasteiger partial charge in [0.25, 0.3) is 0 Å². The van der Waals surface area contributed by atoms with Gasteiger partial charge in [-0.3, -0.25) is 9.36 Å². The number of hydrogen-bond acceptors (Lipinski definition) is 4. The van der Waals surface area contributed by atoms with Crippen molar-refractivity contribution in [2.24, 2.45) is 11.1 Å². The molecule has 10 nitrogen and oxygen atoms in total. The Labute approximate surface area is 174 Å². The van der Waals surface area contributed by atoms with E-state index in [-0.39, 0.29) is 6.54 Å². The number of carbonyl (C=O) groups excluding carboxylic acids is 2. The lowest BCUT2D eigenvalue weighted by Gasteiger charge is -2.28. The first-order valence-electron chi connectivity index (χ1n) is 9.56. The van der Waals surface area contributed by atoms with E-state index in [1.165, 1.54) is 4.57 Å². The lowest BCUT2D eigenvalue weighted by molar-refractivity contribution is -0.122. The van der Waals surface area contributed by atoms with Crippen LogP contribution in [0.1, 0.15) is 41.0 Å². The minimum Gasteiger partial charge on any atom is -0.465 e. The molecule has 0 saturated carbocycles. The van der Waals surface area contributed by atoms with Crippen LogP contribution in [0.2, 0.25) is 0 Å². The molecule has 0 fully saturated rings. The molecule has 5 N–H and O–H groups in total. The zero-order valence-corrected chi connectivity index (χ0v) is 17.9. The number of nitrogens with zero attached hydrogens (tertiary/aromatic N) is 2. The molecule has 0 aliphatic carbocycles. The number of aromatic nitrogens is 2. The first kappa shape index (κ1) is 23.0. The van der Waals surface area contributed by atoms with Gasteiger partial charge in [0, 0.05) is 12.1 Å². The van der Waals surface area contributed by atoms with Crippen molar-refractivity contribution >= 4 is 29.1 Å². The van der Waals surface area contributed by atoms with Crippen LogP contribution in [0, 0.1) is 5.41 Å². The lowest BCUT2D eigenvalue weighted by Crippen LogP contribution is -2.54. The van der Waals surface area contributed by atoms with Gasteiger partial charge < -0.3 is 21.5 Å². The van der Waals surface area contributed by atoms with E-state index >= 15 is 0 Å². The summed E-state index contributed by atoms with van der Waals surface area (Å²) >= 11 is 0. The van der Waals surface area contributed by atoms with Crippen molar-refractivity contribution < 1.29 is 19.5 Å². The Hall–Kier alpha value is -3.30. The molecule has 1 aromatic heterocycles. The Morgan fingerprint density at radius 3 is 2.17 bits per heavy atom. The fourth-order valence-corrected chi connectivity index (χ4v) is 3.27. The number of carboxylic acid groups (broad SMARTS) is 1. The fourth-order valence-electron chi connectivity index (χ4n) is 3.27. The summed E-state index contributed by atoms with van der Waals surface area (Å²) in [4.78, 5) is 48.8. The molecular weight excluding hydrogens is 390 g/mol. The van der Waals surface area contributed by atoms with Crippen molar-refractivity contribution in [3.05, 3.63) is 34.7 Å². The average molecular weight is 419 g/mol. The summed E-state index contributed by atoms with van der Waals surface area (Å²) in [5.41, 5.74) is 4.33. The first-order chi connectivity index (χ1) is 13.7. The van der Waals surface area contributed by atoms with Gasteiger partial charge in [-0.05, 0) is 37.8 Å². The zero-order chi connectivity index (χ0) is 22.9. The maximum atomic E-state index is 13.1. The van der Waals surface area contributed by atoms with Crippen LogP contribution in [0.5, 0.6) is 0 Å². The van der Waals surface area contributed by atoms with E-state index in [0.29, 0.717) is 17.5 Å². The number of para-hydroxylation sites is 2. The van der Waals surface area contributed by atoms with E-state index in [2.05, 4.69) is 10.6 Å². The van der Waals surface area contributed by atoms with Crippen molar-refractivity contribution in [2.75, 3.05) is 0 Å². The lowest BCUT2D eigenvalue weighted by atomic mass is 9.86. The van der Waals surface area contributed by atoms with E-state index in [1.54, 1.807) is 58.9 Å². The number of primary amides is 1. The predicted octanol–water partition coefficient (Wildman–Crippen LogP) is 1.70. The third-order valence-corrected chi connectivity index (χ3v) is 4.86. The minimum atomic E-state index is -1.16. The second-order valence-electron chi connectivity index (χ2n) is 8.97. The van der Waals surface area contributed by atoms with Gasteiger partial charge in [-0.25, -0.2) is 19.0 Å². The maximum absolute atomic E-state index is 13.1. The van der Waals surface area contributed by atoms with E-state index in [1.807, 2.05) is 0 Å². The second kappa shape index (κ2) is 8.21. The Morgan fingerprint density at radius 1 is 1.10 bits per heavy atom. The molecule has 0 spiro atoms. The van der Waals surface area contributed by atoms with E-state index in [4.69, 9.17) is 10.8 Å². The predicted molar refractivity (Wildman–Crippen MR) is 112 cm³/mol. The molecule has 1 aromatic carbocycles. The number of fused-ring (bicyclic) bond motifs is 1. The molecule has 0 radical (unpaired) electrons. The molecule has 3 amide bonds. The second-order valence-corrected chi connectivity index (χ2v) is 8.97. The smallest absolute Gasteiger partial charge is 0.405 e. The summed E-state index contributed by atoms with van der Waals surface area (Å²) in [6.45, 7) is 8.87. The highest BCUT2D eigenvalue weighted by atomic mass is 16.4. The van der Waals surface area contributed by atoms with Gasteiger partial charge in [0.2, 0.25) is 5.91 Å². The largest absolute Gasteiger partial charge is 0.465 e. The van der Waals surface area contributed by atoms with Gasteiger partial charge in [-0.2, -0.15) is 0 Å². The molecule has 0 unspecified atom stereocenters. The van der Waals surface area contributed by atoms with Gasteiger partial charge in [-0.15, -0.1) is 0 Å². The normalized spacial score (nSPS) is 13.1. The van der Waals surface area contributed by atoms with E-state index < -0.39 is 40.7 Å². The number of nitrogens with one attached hydrogen (secondary N) is 2. The molecule has 10 heteroatoms. The highest BCUT2D eigenvalue weighted by Crippen LogP contribution is 2.20. The summed E-state index contributed by atoms with van der Waals surface area (Å²) < 4.78 is 2.38. The standard InChI is InChI=1S/C20H29N5O5/c1-19(2,3)14(15(21)26)22-16(27)25-13-9-7-6-8-12(13)24(18(25)30)11-10-20(4,5)23-17(28)29/h6-9,14,23H,10-11H2,1-5H3,(H2,21,26)(H,22,27)(H,28,29)/t14-/m1/s1. The number of hydrogen-bond donors (Lipinski definition) is 4. The molecule has 1 atom stereocenters. The monoisotopic (exact) mass is 419 g/mol. The van der Waals surface area contributed by atoms with Crippen LogP contribution in [-0.2, 0) is 11.3 Å². The third kappa shape index (κ3) is 5.00. The number of amides is 3. The van der Waals surface area contributed by atoms with Crippen molar-refractivity contribution in [2.45, 2.75) is 59.2 Å². The third-order valence-electron chi connectivity index (χ3n) is 4.86.